The standard InChI is InChI=1S/C19H19FN4S.HI/c1-21-19(22-11-14-6-5-9-16(20)10-14)23-12-18-24-17(13-25-18)15-7-3-2-4-8-15;/h2-10,13H,11-12H2,1H3,(H2,21,22,23);1H. The number of rotatable bonds is 5. The van der Waals surface area contributed by atoms with E-state index in [0.717, 1.165) is 21.8 Å². The van der Waals surface area contributed by atoms with Crippen LogP contribution >= 0.6 is 35.3 Å². The van der Waals surface area contributed by atoms with Gasteiger partial charge in [0, 0.05) is 24.5 Å². The lowest BCUT2D eigenvalue weighted by Crippen LogP contribution is -2.36. The fourth-order valence-corrected chi connectivity index (χ4v) is 3.09. The van der Waals surface area contributed by atoms with Crippen LogP contribution in [0.2, 0.25) is 0 Å². The summed E-state index contributed by atoms with van der Waals surface area (Å²) >= 11 is 1.61. The summed E-state index contributed by atoms with van der Waals surface area (Å²) in [5.74, 6) is 0.416. The molecule has 3 rings (SSSR count). The van der Waals surface area contributed by atoms with E-state index in [4.69, 9.17) is 0 Å². The third kappa shape index (κ3) is 5.77. The molecule has 0 aliphatic heterocycles. The minimum Gasteiger partial charge on any atom is -0.352 e. The zero-order chi connectivity index (χ0) is 17.5. The van der Waals surface area contributed by atoms with Crippen molar-refractivity contribution in [2.75, 3.05) is 7.05 Å². The summed E-state index contributed by atoms with van der Waals surface area (Å²) < 4.78 is 13.2. The summed E-state index contributed by atoms with van der Waals surface area (Å²) in [6, 6.07) is 16.6. The zero-order valence-corrected chi connectivity index (χ0v) is 17.4. The third-order valence-electron chi connectivity index (χ3n) is 3.60. The van der Waals surface area contributed by atoms with Crippen molar-refractivity contribution in [2.24, 2.45) is 4.99 Å². The molecule has 26 heavy (non-hydrogen) atoms. The van der Waals surface area contributed by atoms with Gasteiger partial charge in [-0.15, -0.1) is 35.3 Å². The van der Waals surface area contributed by atoms with Gasteiger partial charge in [-0.1, -0.05) is 42.5 Å². The Morgan fingerprint density at radius 1 is 1.08 bits per heavy atom. The molecule has 0 aliphatic rings. The lowest BCUT2D eigenvalue weighted by molar-refractivity contribution is 0.624. The van der Waals surface area contributed by atoms with Crippen molar-refractivity contribution in [1.82, 2.24) is 15.6 Å². The second-order valence-electron chi connectivity index (χ2n) is 5.40. The van der Waals surface area contributed by atoms with Gasteiger partial charge in [0.15, 0.2) is 5.96 Å². The van der Waals surface area contributed by atoms with Crippen molar-refractivity contribution in [2.45, 2.75) is 13.1 Å². The van der Waals surface area contributed by atoms with Gasteiger partial charge in [-0.3, -0.25) is 4.99 Å². The molecule has 0 spiro atoms. The first kappa shape index (κ1) is 20.3. The van der Waals surface area contributed by atoms with Crippen LogP contribution in [-0.4, -0.2) is 18.0 Å². The fraction of sp³-hybridized carbons (Fsp3) is 0.158. The average molecular weight is 482 g/mol. The molecule has 4 nitrogen and oxygen atoms in total. The molecule has 0 bridgehead atoms. The van der Waals surface area contributed by atoms with Gasteiger partial charge < -0.3 is 10.6 Å². The van der Waals surface area contributed by atoms with Crippen molar-refractivity contribution in [3.8, 4) is 11.3 Å². The molecule has 3 aromatic rings. The monoisotopic (exact) mass is 482 g/mol. The highest BCUT2D eigenvalue weighted by Crippen LogP contribution is 2.21. The van der Waals surface area contributed by atoms with Gasteiger partial charge in [-0.05, 0) is 17.7 Å². The third-order valence-corrected chi connectivity index (χ3v) is 4.45. The van der Waals surface area contributed by atoms with E-state index in [1.165, 1.54) is 12.1 Å². The summed E-state index contributed by atoms with van der Waals surface area (Å²) in [5, 5.41) is 9.43. The van der Waals surface area contributed by atoms with E-state index in [1.807, 2.05) is 36.4 Å². The maximum absolute atomic E-state index is 13.2. The van der Waals surface area contributed by atoms with Gasteiger partial charge >= 0.3 is 0 Å². The first-order chi connectivity index (χ1) is 12.2. The van der Waals surface area contributed by atoms with E-state index in [2.05, 4.69) is 26.0 Å². The Balaban J connectivity index is 0.00000243. The highest BCUT2D eigenvalue weighted by atomic mass is 127. The molecule has 1 aromatic heterocycles. The number of nitrogens with one attached hydrogen (secondary N) is 2. The molecular formula is C19H20FIN4S. The van der Waals surface area contributed by atoms with Crippen LogP contribution in [0.25, 0.3) is 11.3 Å². The van der Waals surface area contributed by atoms with Crippen molar-refractivity contribution < 1.29 is 4.39 Å². The van der Waals surface area contributed by atoms with E-state index in [-0.39, 0.29) is 29.8 Å². The van der Waals surface area contributed by atoms with Crippen LogP contribution in [0.15, 0.2) is 65.0 Å². The predicted molar refractivity (Wildman–Crippen MR) is 116 cm³/mol. The number of hydrogen-bond donors (Lipinski definition) is 2. The highest BCUT2D eigenvalue weighted by Gasteiger charge is 2.05. The van der Waals surface area contributed by atoms with Gasteiger partial charge in [0.1, 0.15) is 10.8 Å². The lowest BCUT2D eigenvalue weighted by atomic mass is 10.2. The average Bonchev–Trinajstić information content (AvgIpc) is 3.12. The maximum atomic E-state index is 13.2. The Bertz CT molecular complexity index is 852. The van der Waals surface area contributed by atoms with Crippen LogP contribution in [-0.2, 0) is 13.1 Å². The molecule has 0 unspecified atom stereocenters. The van der Waals surface area contributed by atoms with Crippen molar-refractivity contribution in [3.05, 3.63) is 76.4 Å². The Kier molecular flexibility index (Phi) is 7.99. The van der Waals surface area contributed by atoms with Crippen LogP contribution in [0.3, 0.4) is 0 Å². The Hall–Kier alpha value is -2.00. The van der Waals surface area contributed by atoms with Gasteiger partial charge in [0.2, 0.25) is 0 Å². The van der Waals surface area contributed by atoms with Gasteiger partial charge in [0.25, 0.3) is 0 Å². The van der Waals surface area contributed by atoms with Crippen LogP contribution in [0.1, 0.15) is 10.6 Å². The van der Waals surface area contributed by atoms with Crippen molar-refractivity contribution in [3.63, 3.8) is 0 Å². The molecule has 0 fully saturated rings. The number of aliphatic imine (C=N–C) groups is 1. The normalized spacial score (nSPS) is 10.9. The number of guanidine groups is 1. The first-order valence-corrected chi connectivity index (χ1v) is 8.81. The Labute approximate surface area is 173 Å². The lowest BCUT2D eigenvalue weighted by Gasteiger charge is -2.11. The molecule has 2 aromatic carbocycles. The molecule has 7 heteroatoms. The molecule has 0 radical (unpaired) electrons. The second-order valence-corrected chi connectivity index (χ2v) is 6.34. The van der Waals surface area contributed by atoms with Crippen molar-refractivity contribution in [1.29, 1.82) is 0 Å². The molecule has 2 N–H and O–H groups in total. The highest BCUT2D eigenvalue weighted by molar-refractivity contribution is 14.0. The minimum atomic E-state index is -0.238. The molecule has 1 heterocycles. The van der Waals surface area contributed by atoms with Crippen molar-refractivity contribution >= 4 is 41.3 Å². The summed E-state index contributed by atoms with van der Waals surface area (Å²) in [6.07, 6.45) is 0. The Morgan fingerprint density at radius 2 is 1.85 bits per heavy atom. The second kappa shape index (κ2) is 10.2. The Morgan fingerprint density at radius 3 is 2.58 bits per heavy atom. The summed E-state index contributed by atoms with van der Waals surface area (Å²) in [6.45, 7) is 1.09. The SMILES string of the molecule is CN=C(NCc1cccc(F)c1)NCc1nc(-c2ccccc2)cs1.I. The molecule has 0 atom stereocenters. The zero-order valence-electron chi connectivity index (χ0n) is 14.3. The van der Waals surface area contributed by atoms with E-state index in [9.17, 15) is 4.39 Å². The number of aromatic nitrogens is 1. The molecule has 0 saturated heterocycles. The molecule has 0 saturated carbocycles. The van der Waals surface area contributed by atoms with Gasteiger partial charge in [0.05, 0.1) is 12.2 Å². The topological polar surface area (TPSA) is 49.3 Å². The predicted octanol–water partition coefficient (Wildman–Crippen LogP) is 4.43. The number of hydrogen-bond acceptors (Lipinski definition) is 3. The first-order valence-electron chi connectivity index (χ1n) is 7.93. The minimum absolute atomic E-state index is 0. The summed E-state index contributed by atoms with van der Waals surface area (Å²) in [7, 11) is 1.71. The molecule has 0 aliphatic carbocycles. The molecular weight excluding hydrogens is 462 g/mol. The van der Waals surface area contributed by atoms with Crippen LogP contribution in [0.4, 0.5) is 4.39 Å². The van der Waals surface area contributed by atoms with E-state index in [0.29, 0.717) is 19.0 Å². The summed E-state index contributed by atoms with van der Waals surface area (Å²) in [5.41, 5.74) is 2.95. The van der Waals surface area contributed by atoms with Gasteiger partial charge in [-0.25, -0.2) is 9.37 Å². The molecule has 136 valence electrons. The van der Waals surface area contributed by atoms with Crippen LogP contribution < -0.4 is 10.6 Å². The number of halogens is 2. The quantitative estimate of drug-likeness (QED) is 0.322. The van der Waals surface area contributed by atoms with Gasteiger partial charge in [-0.2, -0.15) is 0 Å². The summed E-state index contributed by atoms with van der Waals surface area (Å²) in [4.78, 5) is 8.82. The molecule has 0 amide bonds. The number of thiazole rings is 1. The largest absolute Gasteiger partial charge is 0.352 e. The van der Waals surface area contributed by atoms with E-state index < -0.39 is 0 Å². The fourth-order valence-electron chi connectivity index (χ4n) is 2.35. The van der Waals surface area contributed by atoms with E-state index in [1.54, 1.807) is 24.5 Å². The van der Waals surface area contributed by atoms with Crippen LogP contribution in [0.5, 0.6) is 0 Å². The van der Waals surface area contributed by atoms with Crippen LogP contribution in [0, 0.1) is 5.82 Å². The van der Waals surface area contributed by atoms with E-state index >= 15 is 0 Å². The number of nitrogens with zero attached hydrogens (tertiary/aromatic N) is 2. The maximum Gasteiger partial charge on any atom is 0.191 e. The number of benzene rings is 2. The smallest absolute Gasteiger partial charge is 0.191 e.